The molecule has 0 aromatic heterocycles. The Morgan fingerprint density at radius 2 is 2.11 bits per heavy atom. The average molecular weight is 128 g/mol. The lowest BCUT2D eigenvalue weighted by Crippen LogP contribution is -2.01. The van der Waals surface area contributed by atoms with Gasteiger partial charge in [0.15, 0.2) is 0 Å². The van der Waals surface area contributed by atoms with Gasteiger partial charge in [0.1, 0.15) is 0 Å². The molecule has 1 heteroatoms. The first kappa shape index (κ1) is 7.07. The van der Waals surface area contributed by atoms with E-state index in [1.807, 2.05) is 0 Å². The molecule has 1 aliphatic heterocycles. The zero-order valence-electron chi connectivity index (χ0n) is 6.39. The average Bonchev–Trinajstić information content (AvgIpc) is 2.34. The summed E-state index contributed by atoms with van der Waals surface area (Å²) in [6, 6.07) is 0. The molecule has 1 aliphatic rings. The molecule has 1 saturated heterocycles. The van der Waals surface area contributed by atoms with Crippen LogP contribution in [0.15, 0.2) is 0 Å². The summed E-state index contributed by atoms with van der Waals surface area (Å²) >= 11 is 0. The van der Waals surface area contributed by atoms with Gasteiger partial charge in [0.2, 0.25) is 0 Å². The molecule has 0 radical (unpaired) electrons. The Bertz CT molecular complexity index is 70.6. The van der Waals surface area contributed by atoms with Gasteiger partial charge in [-0.05, 0) is 18.8 Å². The monoisotopic (exact) mass is 128 g/mol. The highest BCUT2D eigenvalue weighted by molar-refractivity contribution is 4.70. The Morgan fingerprint density at radius 3 is 2.44 bits per heavy atom. The van der Waals surface area contributed by atoms with E-state index in [2.05, 4.69) is 13.8 Å². The van der Waals surface area contributed by atoms with E-state index >= 15 is 0 Å². The third kappa shape index (κ3) is 1.68. The van der Waals surface area contributed by atoms with E-state index in [1.54, 1.807) is 0 Å². The molecule has 0 aromatic carbocycles. The molecular formula is C8H16O. The van der Waals surface area contributed by atoms with Crippen LogP contribution in [0.5, 0.6) is 0 Å². The van der Waals surface area contributed by atoms with Gasteiger partial charge in [0.05, 0.1) is 6.10 Å². The van der Waals surface area contributed by atoms with E-state index in [1.165, 1.54) is 19.3 Å². The lowest BCUT2D eigenvalue weighted by atomic mass is 10.0. The summed E-state index contributed by atoms with van der Waals surface area (Å²) in [4.78, 5) is 0. The van der Waals surface area contributed by atoms with Crippen molar-refractivity contribution in [3.05, 3.63) is 0 Å². The van der Waals surface area contributed by atoms with Crippen LogP contribution in [-0.4, -0.2) is 12.7 Å². The number of rotatable bonds is 2. The van der Waals surface area contributed by atoms with E-state index in [4.69, 9.17) is 4.74 Å². The smallest absolute Gasteiger partial charge is 0.0576 e. The maximum Gasteiger partial charge on any atom is 0.0576 e. The van der Waals surface area contributed by atoms with Crippen molar-refractivity contribution >= 4 is 0 Å². The summed E-state index contributed by atoms with van der Waals surface area (Å²) < 4.78 is 5.51. The van der Waals surface area contributed by atoms with Crippen LogP contribution in [0.2, 0.25) is 0 Å². The lowest BCUT2D eigenvalue weighted by molar-refractivity contribution is 0.104. The minimum atomic E-state index is 0.579. The first-order valence-electron chi connectivity index (χ1n) is 3.98. The maximum atomic E-state index is 5.51. The Balaban J connectivity index is 2.20. The molecule has 1 heterocycles. The second-order valence-corrected chi connectivity index (χ2v) is 2.87. The molecule has 1 rings (SSSR count). The van der Waals surface area contributed by atoms with Gasteiger partial charge in [-0.15, -0.1) is 0 Å². The molecule has 0 N–H and O–H groups in total. The highest BCUT2D eigenvalue weighted by atomic mass is 16.5. The molecule has 0 bridgehead atoms. The normalized spacial score (nSPS) is 35.3. The van der Waals surface area contributed by atoms with Gasteiger partial charge in [-0.3, -0.25) is 0 Å². The fourth-order valence-corrected chi connectivity index (χ4v) is 1.35. The van der Waals surface area contributed by atoms with Crippen molar-refractivity contribution in [3.8, 4) is 0 Å². The quantitative estimate of drug-likeness (QED) is 0.554. The van der Waals surface area contributed by atoms with E-state index in [0.29, 0.717) is 6.10 Å². The van der Waals surface area contributed by atoms with Gasteiger partial charge < -0.3 is 4.74 Å². The predicted octanol–water partition coefficient (Wildman–Crippen LogP) is 2.21. The standard InChI is InChI=1S/C8H16O/c1-3-7-5-8(4-2)9-6-7/h7-8H,3-6H2,1-2H3. The van der Waals surface area contributed by atoms with Crippen molar-refractivity contribution in [2.75, 3.05) is 6.61 Å². The molecule has 9 heavy (non-hydrogen) atoms. The Morgan fingerprint density at radius 1 is 1.33 bits per heavy atom. The van der Waals surface area contributed by atoms with Crippen LogP contribution in [0.3, 0.4) is 0 Å². The summed E-state index contributed by atoms with van der Waals surface area (Å²) in [5.41, 5.74) is 0. The molecule has 0 spiro atoms. The lowest BCUT2D eigenvalue weighted by Gasteiger charge is -2.02. The minimum Gasteiger partial charge on any atom is -0.378 e. The summed E-state index contributed by atoms with van der Waals surface area (Å²) in [7, 11) is 0. The van der Waals surface area contributed by atoms with Crippen LogP contribution in [-0.2, 0) is 4.74 Å². The van der Waals surface area contributed by atoms with E-state index in [-0.39, 0.29) is 0 Å². The zero-order chi connectivity index (χ0) is 6.69. The fourth-order valence-electron chi connectivity index (χ4n) is 1.35. The number of hydrogen-bond donors (Lipinski definition) is 0. The fraction of sp³-hybridized carbons (Fsp3) is 1.00. The molecule has 0 aromatic rings. The molecule has 2 atom stereocenters. The highest BCUT2D eigenvalue weighted by Gasteiger charge is 2.21. The second-order valence-electron chi connectivity index (χ2n) is 2.87. The van der Waals surface area contributed by atoms with Crippen molar-refractivity contribution in [1.29, 1.82) is 0 Å². The van der Waals surface area contributed by atoms with Gasteiger partial charge in [0, 0.05) is 6.61 Å². The summed E-state index contributed by atoms with van der Waals surface area (Å²) in [5, 5.41) is 0. The van der Waals surface area contributed by atoms with Gasteiger partial charge >= 0.3 is 0 Å². The topological polar surface area (TPSA) is 9.23 Å². The number of ether oxygens (including phenoxy) is 1. The molecular weight excluding hydrogens is 112 g/mol. The van der Waals surface area contributed by atoms with Gasteiger partial charge in [-0.1, -0.05) is 20.3 Å². The third-order valence-electron chi connectivity index (χ3n) is 2.20. The summed E-state index contributed by atoms with van der Waals surface area (Å²) in [6.45, 7) is 5.45. The summed E-state index contributed by atoms with van der Waals surface area (Å²) in [5.74, 6) is 0.856. The van der Waals surface area contributed by atoms with Crippen LogP contribution in [0, 0.1) is 5.92 Å². The highest BCUT2D eigenvalue weighted by Crippen LogP contribution is 2.23. The van der Waals surface area contributed by atoms with Crippen molar-refractivity contribution in [3.63, 3.8) is 0 Å². The molecule has 54 valence electrons. The van der Waals surface area contributed by atoms with E-state index in [0.717, 1.165) is 12.5 Å². The molecule has 1 fully saturated rings. The molecule has 1 nitrogen and oxygen atoms in total. The molecule has 0 amide bonds. The van der Waals surface area contributed by atoms with Crippen molar-refractivity contribution in [2.45, 2.75) is 39.2 Å². The van der Waals surface area contributed by atoms with Crippen LogP contribution in [0.4, 0.5) is 0 Å². The van der Waals surface area contributed by atoms with Gasteiger partial charge in [0.25, 0.3) is 0 Å². The van der Waals surface area contributed by atoms with Crippen LogP contribution in [0.1, 0.15) is 33.1 Å². The molecule has 0 aliphatic carbocycles. The van der Waals surface area contributed by atoms with Gasteiger partial charge in [-0.2, -0.15) is 0 Å². The Hall–Kier alpha value is -0.0400. The number of hydrogen-bond acceptors (Lipinski definition) is 1. The maximum absolute atomic E-state index is 5.51. The second kappa shape index (κ2) is 3.21. The van der Waals surface area contributed by atoms with Crippen molar-refractivity contribution in [1.82, 2.24) is 0 Å². The van der Waals surface area contributed by atoms with Crippen molar-refractivity contribution in [2.24, 2.45) is 5.92 Å². The Labute approximate surface area is 57.4 Å². The summed E-state index contributed by atoms with van der Waals surface area (Å²) in [6.07, 6.45) is 4.36. The SMILES string of the molecule is CCC1COC(CC)C1. The van der Waals surface area contributed by atoms with E-state index in [9.17, 15) is 0 Å². The van der Waals surface area contributed by atoms with Crippen LogP contribution in [0.25, 0.3) is 0 Å². The molecule has 0 saturated carbocycles. The predicted molar refractivity (Wildman–Crippen MR) is 38.4 cm³/mol. The Kier molecular flexibility index (Phi) is 2.52. The van der Waals surface area contributed by atoms with Crippen molar-refractivity contribution < 1.29 is 4.74 Å². The minimum absolute atomic E-state index is 0.579. The van der Waals surface area contributed by atoms with Gasteiger partial charge in [-0.25, -0.2) is 0 Å². The largest absolute Gasteiger partial charge is 0.378 e. The van der Waals surface area contributed by atoms with Crippen LogP contribution < -0.4 is 0 Å². The third-order valence-corrected chi connectivity index (χ3v) is 2.20. The first-order valence-corrected chi connectivity index (χ1v) is 3.98. The first-order chi connectivity index (χ1) is 4.36. The van der Waals surface area contributed by atoms with E-state index < -0.39 is 0 Å². The zero-order valence-corrected chi connectivity index (χ0v) is 6.39. The molecule has 2 unspecified atom stereocenters. The van der Waals surface area contributed by atoms with Crippen LogP contribution >= 0.6 is 0 Å².